The number of rotatable bonds is 5. The number of hydrogen-bond acceptors (Lipinski definition) is 3. The van der Waals surface area contributed by atoms with Gasteiger partial charge in [-0.1, -0.05) is 51.1 Å². The average Bonchev–Trinajstić information content (AvgIpc) is 2.40. The summed E-state index contributed by atoms with van der Waals surface area (Å²) in [5.74, 6) is 0.398. The summed E-state index contributed by atoms with van der Waals surface area (Å²) < 4.78 is 17.3. The van der Waals surface area contributed by atoms with Crippen LogP contribution >= 0.6 is 0 Å². The van der Waals surface area contributed by atoms with Crippen molar-refractivity contribution in [3.8, 4) is 0 Å². The predicted octanol–water partition coefficient (Wildman–Crippen LogP) is 3.24. The number of benzene rings is 1. The highest BCUT2D eigenvalue weighted by molar-refractivity contribution is 5.13. The van der Waals surface area contributed by atoms with Gasteiger partial charge in [-0.2, -0.15) is 0 Å². The van der Waals surface area contributed by atoms with Crippen LogP contribution in [-0.4, -0.2) is 26.1 Å². The fourth-order valence-corrected chi connectivity index (χ4v) is 2.11. The van der Waals surface area contributed by atoms with Crippen molar-refractivity contribution in [2.24, 2.45) is 11.3 Å². The molecule has 106 valence electrons. The Balaban J connectivity index is 1.74. The van der Waals surface area contributed by atoms with E-state index in [2.05, 4.69) is 32.9 Å². The zero-order valence-corrected chi connectivity index (χ0v) is 12.1. The molecular weight excluding hydrogens is 240 g/mol. The van der Waals surface area contributed by atoms with Gasteiger partial charge < -0.3 is 14.2 Å². The summed E-state index contributed by atoms with van der Waals surface area (Å²) in [7, 11) is 0. The molecule has 0 aliphatic carbocycles. The van der Waals surface area contributed by atoms with Crippen molar-refractivity contribution in [3.63, 3.8) is 0 Å². The zero-order valence-electron chi connectivity index (χ0n) is 12.1. The van der Waals surface area contributed by atoms with E-state index < -0.39 is 0 Å². The summed E-state index contributed by atoms with van der Waals surface area (Å²) in [5, 5.41) is 0. The second-order valence-corrected chi connectivity index (χ2v) is 6.02. The summed E-state index contributed by atoms with van der Waals surface area (Å²) >= 11 is 0. The average molecular weight is 264 g/mol. The molecule has 1 heterocycles. The molecule has 19 heavy (non-hydrogen) atoms. The number of hydrogen-bond donors (Lipinski definition) is 0. The van der Waals surface area contributed by atoms with Gasteiger partial charge in [-0.25, -0.2) is 0 Å². The third-order valence-corrected chi connectivity index (χ3v) is 3.30. The summed E-state index contributed by atoms with van der Waals surface area (Å²) in [4.78, 5) is 0. The Labute approximate surface area is 115 Å². The van der Waals surface area contributed by atoms with Crippen LogP contribution in [0.4, 0.5) is 0 Å². The second kappa shape index (κ2) is 6.51. The molecule has 3 heteroatoms. The molecule has 1 aromatic carbocycles. The van der Waals surface area contributed by atoms with Crippen LogP contribution in [0.15, 0.2) is 30.3 Å². The van der Waals surface area contributed by atoms with Gasteiger partial charge in [0.2, 0.25) is 0 Å². The molecule has 0 saturated carbocycles. The maximum absolute atomic E-state index is 5.80. The van der Waals surface area contributed by atoms with Crippen LogP contribution in [0.3, 0.4) is 0 Å². The Bertz CT molecular complexity index is 367. The Morgan fingerprint density at radius 2 is 1.84 bits per heavy atom. The molecule has 1 aliphatic rings. The fraction of sp³-hybridized carbons (Fsp3) is 0.625. The van der Waals surface area contributed by atoms with E-state index in [0.29, 0.717) is 32.3 Å². The van der Waals surface area contributed by atoms with E-state index in [-0.39, 0.29) is 11.7 Å². The van der Waals surface area contributed by atoms with Crippen LogP contribution in [0.25, 0.3) is 0 Å². The molecular formula is C16H24O3. The van der Waals surface area contributed by atoms with Crippen LogP contribution in [0.2, 0.25) is 0 Å². The molecule has 3 nitrogen and oxygen atoms in total. The van der Waals surface area contributed by atoms with Gasteiger partial charge in [0, 0.05) is 11.3 Å². The van der Waals surface area contributed by atoms with Gasteiger partial charge in [0.1, 0.15) is 0 Å². The molecule has 0 N–H and O–H groups in total. The third-order valence-electron chi connectivity index (χ3n) is 3.30. The maximum atomic E-state index is 5.80. The maximum Gasteiger partial charge on any atom is 0.159 e. The van der Waals surface area contributed by atoms with Crippen molar-refractivity contribution in [2.45, 2.75) is 33.7 Å². The van der Waals surface area contributed by atoms with Crippen LogP contribution in [-0.2, 0) is 20.8 Å². The van der Waals surface area contributed by atoms with Gasteiger partial charge in [-0.3, -0.25) is 0 Å². The van der Waals surface area contributed by atoms with Crippen LogP contribution in [0, 0.1) is 11.3 Å². The highest BCUT2D eigenvalue weighted by Crippen LogP contribution is 2.27. The first-order chi connectivity index (χ1) is 9.09. The Hall–Kier alpha value is -0.900. The lowest BCUT2D eigenvalue weighted by Gasteiger charge is -2.38. The summed E-state index contributed by atoms with van der Waals surface area (Å²) in [6.45, 7) is 9.07. The van der Waals surface area contributed by atoms with Crippen molar-refractivity contribution in [3.05, 3.63) is 35.9 Å². The third kappa shape index (κ3) is 4.30. The van der Waals surface area contributed by atoms with E-state index in [4.69, 9.17) is 14.2 Å². The van der Waals surface area contributed by atoms with E-state index in [9.17, 15) is 0 Å². The van der Waals surface area contributed by atoms with E-state index in [0.717, 1.165) is 0 Å². The lowest BCUT2D eigenvalue weighted by Crippen LogP contribution is -2.44. The Morgan fingerprint density at radius 1 is 1.21 bits per heavy atom. The standard InChI is InChI=1S/C16H24O3/c1-13(2)15-18-11-16(3,12-19-15)10-17-9-14-7-5-4-6-8-14/h4-8,13,15H,9-12H2,1-3H3. The summed E-state index contributed by atoms with van der Waals surface area (Å²) in [5.41, 5.74) is 1.16. The van der Waals surface area contributed by atoms with E-state index in [1.165, 1.54) is 5.56 Å². The van der Waals surface area contributed by atoms with Gasteiger partial charge in [0.15, 0.2) is 6.29 Å². The van der Waals surface area contributed by atoms with Crippen LogP contribution in [0.5, 0.6) is 0 Å². The second-order valence-electron chi connectivity index (χ2n) is 6.02. The van der Waals surface area contributed by atoms with Gasteiger partial charge in [0.05, 0.1) is 26.4 Å². The highest BCUT2D eigenvalue weighted by Gasteiger charge is 2.34. The molecule has 0 bridgehead atoms. The first-order valence-corrected chi connectivity index (χ1v) is 6.94. The summed E-state index contributed by atoms with van der Waals surface area (Å²) in [6.07, 6.45) is -0.0674. The first-order valence-electron chi connectivity index (χ1n) is 6.94. The quantitative estimate of drug-likeness (QED) is 0.817. The first kappa shape index (κ1) is 14.5. The molecule has 0 amide bonds. The van der Waals surface area contributed by atoms with Gasteiger partial charge >= 0.3 is 0 Å². The van der Waals surface area contributed by atoms with Gasteiger partial charge in [-0.15, -0.1) is 0 Å². The summed E-state index contributed by atoms with van der Waals surface area (Å²) in [6, 6.07) is 10.2. The Kier molecular flexibility index (Phi) is 4.97. The molecule has 1 aromatic rings. The SMILES string of the molecule is CC(C)C1OCC(C)(COCc2ccccc2)CO1. The lowest BCUT2D eigenvalue weighted by molar-refractivity contribution is -0.251. The minimum absolute atomic E-state index is 0.0415. The van der Waals surface area contributed by atoms with E-state index in [1.807, 2.05) is 18.2 Å². The largest absolute Gasteiger partial charge is 0.376 e. The molecule has 0 unspecified atom stereocenters. The molecule has 0 aromatic heterocycles. The molecule has 0 spiro atoms. The normalized spacial score (nSPS) is 27.7. The molecule has 0 radical (unpaired) electrons. The molecule has 1 fully saturated rings. The lowest BCUT2D eigenvalue weighted by atomic mass is 9.93. The topological polar surface area (TPSA) is 27.7 Å². The molecule has 1 aliphatic heterocycles. The number of ether oxygens (including phenoxy) is 3. The van der Waals surface area contributed by atoms with E-state index >= 15 is 0 Å². The van der Waals surface area contributed by atoms with Crippen molar-refractivity contribution >= 4 is 0 Å². The fourth-order valence-electron chi connectivity index (χ4n) is 2.11. The van der Waals surface area contributed by atoms with Crippen LogP contribution in [0.1, 0.15) is 26.3 Å². The molecule has 1 saturated heterocycles. The van der Waals surface area contributed by atoms with Crippen LogP contribution < -0.4 is 0 Å². The van der Waals surface area contributed by atoms with Gasteiger partial charge in [-0.05, 0) is 5.56 Å². The molecule has 2 rings (SSSR count). The minimum Gasteiger partial charge on any atom is -0.376 e. The smallest absolute Gasteiger partial charge is 0.159 e. The van der Waals surface area contributed by atoms with Crippen molar-refractivity contribution in [1.82, 2.24) is 0 Å². The van der Waals surface area contributed by atoms with Crippen molar-refractivity contribution in [1.29, 1.82) is 0 Å². The monoisotopic (exact) mass is 264 g/mol. The zero-order chi connectivity index (χ0) is 13.7. The predicted molar refractivity (Wildman–Crippen MR) is 74.7 cm³/mol. The van der Waals surface area contributed by atoms with Gasteiger partial charge in [0.25, 0.3) is 0 Å². The Morgan fingerprint density at radius 3 is 2.42 bits per heavy atom. The minimum atomic E-state index is -0.0674. The van der Waals surface area contributed by atoms with E-state index in [1.54, 1.807) is 0 Å². The van der Waals surface area contributed by atoms with Crippen molar-refractivity contribution < 1.29 is 14.2 Å². The molecule has 0 atom stereocenters. The highest BCUT2D eigenvalue weighted by atomic mass is 16.7. The van der Waals surface area contributed by atoms with Crippen molar-refractivity contribution in [2.75, 3.05) is 19.8 Å².